The molecule has 0 radical (unpaired) electrons. The molecule has 0 N–H and O–H groups in total. The van der Waals surface area contributed by atoms with Crippen LogP contribution in [-0.2, 0) is 14.8 Å². The smallest absolute Gasteiger partial charge is 0.243 e. The molecule has 1 heterocycles. The zero-order valence-corrected chi connectivity index (χ0v) is 15.1. The zero-order chi connectivity index (χ0) is 17.0. The van der Waals surface area contributed by atoms with Gasteiger partial charge in [0.15, 0.2) is 0 Å². The van der Waals surface area contributed by atoms with Crippen LogP contribution in [0.5, 0.6) is 0 Å². The lowest BCUT2D eigenvalue weighted by Crippen LogP contribution is -2.51. The number of sulfonamides is 1. The number of rotatable bonds is 5. The van der Waals surface area contributed by atoms with Crippen LogP contribution < -0.4 is 0 Å². The average molecular weight is 359 g/mol. The van der Waals surface area contributed by atoms with E-state index in [1.165, 1.54) is 10.4 Å². The van der Waals surface area contributed by atoms with Crippen LogP contribution in [0, 0.1) is 5.92 Å². The predicted octanol–water partition coefficient (Wildman–Crippen LogP) is 2.61. The third-order valence-electron chi connectivity index (χ3n) is 4.32. The first-order valence-corrected chi connectivity index (χ1v) is 9.76. The van der Waals surface area contributed by atoms with Gasteiger partial charge in [0.2, 0.25) is 15.9 Å². The Bertz CT molecular complexity index is 651. The largest absolute Gasteiger partial charge is 0.340 e. The van der Waals surface area contributed by atoms with Gasteiger partial charge >= 0.3 is 0 Å². The van der Waals surface area contributed by atoms with Crippen molar-refractivity contribution in [2.45, 2.75) is 31.6 Å². The minimum absolute atomic E-state index is 0.0334. The van der Waals surface area contributed by atoms with Gasteiger partial charge in [-0.15, -0.1) is 0 Å². The Hall–Kier alpha value is -1.11. The highest BCUT2D eigenvalue weighted by Gasteiger charge is 2.31. The van der Waals surface area contributed by atoms with E-state index in [0.29, 0.717) is 31.2 Å². The first-order valence-electron chi connectivity index (χ1n) is 7.94. The summed E-state index contributed by atoms with van der Waals surface area (Å²) in [5.74, 6) is 0.167. The van der Waals surface area contributed by atoms with Crippen molar-refractivity contribution in [1.82, 2.24) is 9.21 Å². The molecular formula is C16H23ClN2O3S. The molecule has 1 amide bonds. The Morgan fingerprint density at radius 2 is 1.78 bits per heavy atom. The summed E-state index contributed by atoms with van der Waals surface area (Å²) in [6, 6.07) is 6.27. The molecule has 0 aromatic heterocycles. The molecule has 1 saturated heterocycles. The quantitative estimate of drug-likeness (QED) is 0.813. The number of piperazine rings is 1. The third-order valence-corrected chi connectivity index (χ3v) is 6.45. The molecule has 2 rings (SSSR count). The van der Waals surface area contributed by atoms with Gasteiger partial charge in [0.1, 0.15) is 0 Å². The van der Waals surface area contributed by atoms with E-state index >= 15 is 0 Å². The van der Waals surface area contributed by atoms with Gasteiger partial charge in [0.05, 0.1) is 4.90 Å². The van der Waals surface area contributed by atoms with E-state index < -0.39 is 10.0 Å². The van der Waals surface area contributed by atoms with Crippen LogP contribution in [0.25, 0.3) is 0 Å². The lowest BCUT2D eigenvalue weighted by atomic mass is 10.0. The van der Waals surface area contributed by atoms with E-state index in [9.17, 15) is 13.2 Å². The second kappa shape index (κ2) is 7.64. The Morgan fingerprint density at radius 1 is 1.17 bits per heavy atom. The standard InChI is InChI=1S/C16H23ClN2O3S/c1-3-13(4-2)16(20)18-8-10-19(11-9-18)23(21,22)15-7-5-6-14(17)12-15/h5-7,12-13H,3-4,8-11H2,1-2H3. The first-order chi connectivity index (χ1) is 10.9. The summed E-state index contributed by atoms with van der Waals surface area (Å²) in [5.41, 5.74) is 0. The van der Waals surface area contributed by atoms with Gasteiger partial charge in [-0.05, 0) is 31.0 Å². The van der Waals surface area contributed by atoms with Gasteiger partial charge in [0.25, 0.3) is 0 Å². The van der Waals surface area contributed by atoms with E-state index in [0.717, 1.165) is 12.8 Å². The molecule has 0 saturated carbocycles. The summed E-state index contributed by atoms with van der Waals surface area (Å²) in [4.78, 5) is 14.4. The molecule has 1 aromatic rings. The van der Waals surface area contributed by atoms with E-state index in [4.69, 9.17) is 11.6 Å². The maximum absolute atomic E-state index is 12.6. The molecule has 0 atom stereocenters. The first kappa shape index (κ1) is 18.2. The number of halogens is 1. The Balaban J connectivity index is 2.05. The fourth-order valence-electron chi connectivity index (χ4n) is 2.82. The average Bonchev–Trinajstić information content (AvgIpc) is 2.56. The topological polar surface area (TPSA) is 57.7 Å². The lowest BCUT2D eigenvalue weighted by molar-refractivity contribution is -0.136. The highest BCUT2D eigenvalue weighted by atomic mass is 35.5. The van der Waals surface area contributed by atoms with Crippen LogP contribution >= 0.6 is 11.6 Å². The summed E-state index contributed by atoms with van der Waals surface area (Å²) in [5, 5.41) is 0.397. The van der Waals surface area contributed by atoms with E-state index in [2.05, 4.69) is 0 Å². The summed E-state index contributed by atoms with van der Waals surface area (Å²) in [7, 11) is -3.55. The number of nitrogens with zero attached hydrogens (tertiary/aromatic N) is 2. The summed E-state index contributed by atoms with van der Waals surface area (Å²) < 4.78 is 26.7. The molecule has 128 valence electrons. The van der Waals surface area contributed by atoms with Crippen molar-refractivity contribution < 1.29 is 13.2 Å². The molecule has 0 spiro atoms. The number of benzene rings is 1. The lowest BCUT2D eigenvalue weighted by Gasteiger charge is -2.35. The molecule has 1 fully saturated rings. The van der Waals surface area contributed by atoms with Gasteiger partial charge < -0.3 is 4.90 Å². The highest BCUT2D eigenvalue weighted by molar-refractivity contribution is 7.89. The Morgan fingerprint density at radius 3 is 2.30 bits per heavy atom. The van der Waals surface area contributed by atoms with Crippen molar-refractivity contribution in [3.05, 3.63) is 29.3 Å². The monoisotopic (exact) mass is 358 g/mol. The van der Waals surface area contributed by atoms with Gasteiger partial charge in [-0.25, -0.2) is 8.42 Å². The second-order valence-corrected chi connectivity index (χ2v) is 8.07. The van der Waals surface area contributed by atoms with E-state index in [1.54, 1.807) is 23.1 Å². The number of carbonyl (C=O) groups is 1. The molecule has 23 heavy (non-hydrogen) atoms. The highest BCUT2D eigenvalue weighted by Crippen LogP contribution is 2.22. The van der Waals surface area contributed by atoms with Crippen molar-refractivity contribution in [3.8, 4) is 0 Å². The molecule has 0 bridgehead atoms. The number of carbonyl (C=O) groups excluding carboxylic acids is 1. The van der Waals surface area contributed by atoms with Crippen LogP contribution in [0.1, 0.15) is 26.7 Å². The van der Waals surface area contributed by atoms with E-state index in [-0.39, 0.29) is 16.7 Å². The van der Waals surface area contributed by atoms with Crippen LogP contribution in [0.2, 0.25) is 5.02 Å². The maximum atomic E-state index is 12.6. The van der Waals surface area contributed by atoms with Crippen LogP contribution in [0.4, 0.5) is 0 Å². The molecule has 7 heteroatoms. The molecule has 0 unspecified atom stereocenters. The minimum Gasteiger partial charge on any atom is -0.340 e. The fraction of sp³-hybridized carbons (Fsp3) is 0.562. The van der Waals surface area contributed by atoms with Gasteiger partial charge in [-0.3, -0.25) is 4.79 Å². The van der Waals surface area contributed by atoms with Crippen molar-refractivity contribution in [3.63, 3.8) is 0 Å². The SMILES string of the molecule is CCC(CC)C(=O)N1CCN(S(=O)(=O)c2cccc(Cl)c2)CC1. The molecule has 1 aliphatic heterocycles. The predicted molar refractivity (Wildman–Crippen MR) is 90.9 cm³/mol. The normalized spacial score (nSPS) is 16.8. The Kier molecular flexibility index (Phi) is 6.06. The number of hydrogen-bond donors (Lipinski definition) is 0. The fourth-order valence-corrected chi connectivity index (χ4v) is 4.55. The van der Waals surface area contributed by atoms with Gasteiger partial charge in [-0.2, -0.15) is 4.31 Å². The van der Waals surface area contributed by atoms with Crippen molar-refractivity contribution in [2.75, 3.05) is 26.2 Å². The number of amides is 1. The van der Waals surface area contributed by atoms with Crippen molar-refractivity contribution in [2.24, 2.45) is 5.92 Å². The molecule has 0 aliphatic carbocycles. The minimum atomic E-state index is -3.55. The molecule has 5 nitrogen and oxygen atoms in total. The van der Waals surface area contributed by atoms with Crippen LogP contribution in [-0.4, -0.2) is 49.7 Å². The summed E-state index contributed by atoms with van der Waals surface area (Å²) in [6.07, 6.45) is 1.63. The van der Waals surface area contributed by atoms with Crippen LogP contribution in [0.15, 0.2) is 29.2 Å². The van der Waals surface area contributed by atoms with E-state index in [1.807, 2.05) is 13.8 Å². The Labute approximate surface area is 143 Å². The molecular weight excluding hydrogens is 336 g/mol. The number of hydrogen-bond acceptors (Lipinski definition) is 3. The molecule has 1 aromatic carbocycles. The third kappa shape index (κ3) is 4.05. The summed E-state index contributed by atoms with van der Waals surface area (Å²) >= 11 is 5.89. The van der Waals surface area contributed by atoms with Gasteiger partial charge in [-0.1, -0.05) is 31.5 Å². The van der Waals surface area contributed by atoms with Crippen molar-refractivity contribution in [1.29, 1.82) is 0 Å². The second-order valence-electron chi connectivity index (χ2n) is 5.70. The summed E-state index contributed by atoms with van der Waals surface area (Å²) in [6.45, 7) is 5.53. The van der Waals surface area contributed by atoms with Gasteiger partial charge in [0, 0.05) is 37.1 Å². The molecule has 1 aliphatic rings. The van der Waals surface area contributed by atoms with Crippen molar-refractivity contribution >= 4 is 27.5 Å². The zero-order valence-electron chi connectivity index (χ0n) is 13.5. The maximum Gasteiger partial charge on any atom is 0.243 e. The van der Waals surface area contributed by atoms with Crippen LogP contribution in [0.3, 0.4) is 0 Å².